The largest absolute Gasteiger partial charge is 0.493 e. The number of aromatic nitrogens is 2. The molecule has 2 aromatic rings. The summed E-state index contributed by atoms with van der Waals surface area (Å²) in [6.45, 7) is 3.70. The van der Waals surface area contributed by atoms with E-state index < -0.39 is 0 Å². The van der Waals surface area contributed by atoms with Crippen LogP contribution >= 0.6 is 0 Å². The summed E-state index contributed by atoms with van der Waals surface area (Å²) < 4.78 is 7.84. The predicted molar refractivity (Wildman–Crippen MR) is 77.5 cm³/mol. The van der Waals surface area contributed by atoms with Gasteiger partial charge in [-0.05, 0) is 31.0 Å². The Balaban J connectivity index is 1.78. The van der Waals surface area contributed by atoms with Crippen molar-refractivity contribution in [1.29, 1.82) is 5.26 Å². The maximum atomic E-state index is 8.82. The molecule has 0 atom stereocenters. The molecule has 0 radical (unpaired) electrons. The van der Waals surface area contributed by atoms with Gasteiger partial charge in [0.25, 0.3) is 0 Å². The van der Waals surface area contributed by atoms with Gasteiger partial charge >= 0.3 is 0 Å². The SMILES string of the molecule is CCCc1nccn1CCCOc1cccc(C#N)c1. The van der Waals surface area contributed by atoms with E-state index in [2.05, 4.69) is 22.5 Å². The zero-order chi connectivity index (χ0) is 14.2. The monoisotopic (exact) mass is 269 g/mol. The van der Waals surface area contributed by atoms with Gasteiger partial charge in [0.2, 0.25) is 0 Å². The summed E-state index contributed by atoms with van der Waals surface area (Å²) in [4.78, 5) is 4.35. The smallest absolute Gasteiger partial charge is 0.120 e. The van der Waals surface area contributed by atoms with E-state index in [0.29, 0.717) is 12.2 Å². The van der Waals surface area contributed by atoms with E-state index in [-0.39, 0.29) is 0 Å². The zero-order valence-corrected chi connectivity index (χ0v) is 11.7. The molecule has 1 aromatic carbocycles. The Kier molecular flexibility index (Phi) is 5.19. The maximum Gasteiger partial charge on any atom is 0.120 e. The molecule has 1 heterocycles. The molecular weight excluding hydrogens is 250 g/mol. The summed E-state index contributed by atoms with van der Waals surface area (Å²) in [5.41, 5.74) is 0.627. The van der Waals surface area contributed by atoms with Gasteiger partial charge in [-0.25, -0.2) is 4.98 Å². The molecule has 0 N–H and O–H groups in total. The van der Waals surface area contributed by atoms with Crippen molar-refractivity contribution < 1.29 is 4.74 Å². The Labute approximate surface area is 119 Å². The van der Waals surface area contributed by atoms with Crippen LogP contribution in [0, 0.1) is 11.3 Å². The maximum absolute atomic E-state index is 8.82. The van der Waals surface area contributed by atoms with Crippen molar-refractivity contribution in [3.8, 4) is 11.8 Å². The van der Waals surface area contributed by atoms with Crippen LogP contribution in [0.5, 0.6) is 5.75 Å². The molecular formula is C16H19N3O. The highest BCUT2D eigenvalue weighted by molar-refractivity contribution is 5.36. The third-order valence-electron chi connectivity index (χ3n) is 3.05. The molecule has 0 saturated heterocycles. The van der Waals surface area contributed by atoms with Crippen molar-refractivity contribution in [2.24, 2.45) is 0 Å². The van der Waals surface area contributed by atoms with Gasteiger partial charge < -0.3 is 9.30 Å². The molecule has 0 aliphatic heterocycles. The lowest BCUT2D eigenvalue weighted by Gasteiger charge is -2.09. The minimum atomic E-state index is 0.627. The van der Waals surface area contributed by atoms with Crippen molar-refractivity contribution in [2.45, 2.75) is 32.7 Å². The summed E-state index contributed by atoms with van der Waals surface area (Å²) >= 11 is 0. The second-order valence-corrected chi connectivity index (χ2v) is 4.63. The van der Waals surface area contributed by atoms with E-state index in [1.165, 1.54) is 0 Å². The van der Waals surface area contributed by atoms with Crippen LogP contribution in [0.3, 0.4) is 0 Å². The van der Waals surface area contributed by atoms with Gasteiger partial charge in [-0.3, -0.25) is 0 Å². The minimum absolute atomic E-state index is 0.627. The van der Waals surface area contributed by atoms with Gasteiger partial charge in [-0.15, -0.1) is 0 Å². The molecule has 20 heavy (non-hydrogen) atoms. The van der Waals surface area contributed by atoms with Crippen molar-refractivity contribution in [1.82, 2.24) is 9.55 Å². The number of aryl methyl sites for hydroxylation is 2. The summed E-state index contributed by atoms with van der Waals surface area (Å²) in [5.74, 6) is 1.89. The molecule has 4 nitrogen and oxygen atoms in total. The molecule has 0 amide bonds. The zero-order valence-electron chi connectivity index (χ0n) is 11.7. The molecule has 0 fully saturated rings. The quantitative estimate of drug-likeness (QED) is 0.725. The first-order valence-corrected chi connectivity index (χ1v) is 6.96. The lowest BCUT2D eigenvalue weighted by Crippen LogP contribution is -2.07. The van der Waals surface area contributed by atoms with Gasteiger partial charge in [-0.2, -0.15) is 5.26 Å². The van der Waals surface area contributed by atoms with Crippen LogP contribution in [0.2, 0.25) is 0 Å². The Morgan fingerprint density at radius 2 is 2.30 bits per heavy atom. The number of hydrogen-bond donors (Lipinski definition) is 0. The average Bonchev–Trinajstić information content (AvgIpc) is 2.92. The highest BCUT2D eigenvalue weighted by Gasteiger charge is 2.01. The molecule has 1 aromatic heterocycles. The van der Waals surface area contributed by atoms with E-state index in [4.69, 9.17) is 10.00 Å². The molecule has 4 heteroatoms. The number of nitrogens with zero attached hydrogens (tertiary/aromatic N) is 3. The van der Waals surface area contributed by atoms with Gasteiger partial charge in [0.1, 0.15) is 11.6 Å². The molecule has 0 saturated carbocycles. The van der Waals surface area contributed by atoms with E-state index in [0.717, 1.165) is 37.4 Å². The third kappa shape index (κ3) is 3.86. The standard InChI is InChI=1S/C16H19N3O/c1-2-5-16-18-8-10-19(16)9-4-11-20-15-7-3-6-14(12-15)13-17/h3,6-8,10,12H,2,4-5,9,11H2,1H3. The number of ether oxygens (including phenoxy) is 1. The lowest BCUT2D eigenvalue weighted by molar-refractivity contribution is 0.301. The van der Waals surface area contributed by atoms with Crippen molar-refractivity contribution in [3.63, 3.8) is 0 Å². The molecule has 0 spiro atoms. The van der Waals surface area contributed by atoms with Crippen LogP contribution in [-0.4, -0.2) is 16.2 Å². The Bertz CT molecular complexity index is 583. The van der Waals surface area contributed by atoms with Crippen molar-refractivity contribution in [2.75, 3.05) is 6.61 Å². The van der Waals surface area contributed by atoms with Crippen LogP contribution < -0.4 is 4.74 Å². The first-order chi connectivity index (χ1) is 9.83. The molecule has 0 aliphatic rings. The van der Waals surface area contributed by atoms with Gasteiger partial charge in [0.05, 0.1) is 18.2 Å². The van der Waals surface area contributed by atoms with Crippen LogP contribution in [0.1, 0.15) is 31.2 Å². The van der Waals surface area contributed by atoms with E-state index in [9.17, 15) is 0 Å². The molecule has 0 aliphatic carbocycles. The highest BCUT2D eigenvalue weighted by atomic mass is 16.5. The van der Waals surface area contributed by atoms with Crippen LogP contribution in [0.25, 0.3) is 0 Å². The second kappa shape index (κ2) is 7.34. The molecule has 0 bridgehead atoms. The fourth-order valence-corrected chi connectivity index (χ4v) is 2.08. The number of benzene rings is 1. The average molecular weight is 269 g/mol. The van der Waals surface area contributed by atoms with Gasteiger partial charge in [-0.1, -0.05) is 13.0 Å². The molecule has 104 valence electrons. The normalized spacial score (nSPS) is 10.2. The fourth-order valence-electron chi connectivity index (χ4n) is 2.08. The Morgan fingerprint density at radius 1 is 1.40 bits per heavy atom. The van der Waals surface area contributed by atoms with Gasteiger partial charge in [0.15, 0.2) is 0 Å². The van der Waals surface area contributed by atoms with Crippen LogP contribution in [-0.2, 0) is 13.0 Å². The Hall–Kier alpha value is -2.28. The number of nitriles is 1. The highest BCUT2D eigenvalue weighted by Crippen LogP contribution is 2.13. The summed E-state index contributed by atoms with van der Waals surface area (Å²) in [6.07, 6.45) is 6.90. The topological polar surface area (TPSA) is 50.8 Å². The summed E-state index contributed by atoms with van der Waals surface area (Å²) in [7, 11) is 0. The Morgan fingerprint density at radius 3 is 3.10 bits per heavy atom. The first-order valence-electron chi connectivity index (χ1n) is 6.96. The minimum Gasteiger partial charge on any atom is -0.493 e. The van der Waals surface area contributed by atoms with Crippen LogP contribution in [0.15, 0.2) is 36.7 Å². The molecule has 0 unspecified atom stereocenters. The van der Waals surface area contributed by atoms with E-state index in [1.807, 2.05) is 24.5 Å². The van der Waals surface area contributed by atoms with Crippen molar-refractivity contribution in [3.05, 3.63) is 48.0 Å². The second-order valence-electron chi connectivity index (χ2n) is 4.63. The van der Waals surface area contributed by atoms with Crippen LogP contribution in [0.4, 0.5) is 0 Å². The predicted octanol–water partition coefficient (Wildman–Crippen LogP) is 3.18. The van der Waals surface area contributed by atoms with Gasteiger partial charge in [0, 0.05) is 25.4 Å². The summed E-state index contributed by atoms with van der Waals surface area (Å²) in [5, 5.41) is 8.82. The lowest BCUT2D eigenvalue weighted by atomic mass is 10.2. The third-order valence-corrected chi connectivity index (χ3v) is 3.05. The fraction of sp³-hybridized carbons (Fsp3) is 0.375. The van der Waals surface area contributed by atoms with Crippen molar-refractivity contribution >= 4 is 0 Å². The van der Waals surface area contributed by atoms with E-state index in [1.54, 1.807) is 12.1 Å². The summed E-state index contributed by atoms with van der Waals surface area (Å²) in [6, 6.07) is 9.36. The number of hydrogen-bond acceptors (Lipinski definition) is 3. The molecule has 2 rings (SSSR count). The number of rotatable bonds is 7. The van der Waals surface area contributed by atoms with E-state index >= 15 is 0 Å². The number of imidazole rings is 1. The first kappa shape index (κ1) is 14.1.